The van der Waals surface area contributed by atoms with Crippen molar-refractivity contribution in [3.05, 3.63) is 59.6 Å². The van der Waals surface area contributed by atoms with Crippen molar-refractivity contribution in [1.82, 2.24) is 4.98 Å². The number of benzene rings is 1. The Morgan fingerprint density at radius 2 is 2.05 bits per heavy atom. The van der Waals surface area contributed by atoms with Gasteiger partial charge < -0.3 is 14.3 Å². The lowest BCUT2D eigenvalue weighted by Gasteiger charge is -2.01. The van der Waals surface area contributed by atoms with Gasteiger partial charge in [0.1, 0.15) is 23.0 Å². The zero-order chi connectivity index (χ0) is 16.1. The molecule has 0 bridgehead atoms. The second-order valence-corrected chi connectivity index (χ2v) is 4.31. The van der Waals surface area contributed by atoms with E-state index >= 15 is 0 Å². The number of carbonyl (C=O) groups is 2. The van der Waals surface area contributed by atoms with E-state index in [1.807, 2.05) is 0 Å². The third-order valence-electron chi connectivity index (χ3n) is 2.82. The molecule has 0 aliphatic carbocycles. The van der Waals surface area contributed by atoms with E-state index in [4.69, 9.17) is 4.42 Å². The first-order chi connectivity index (χ1) is 10.5. The summed E-state index contributed by atoms with van der Waals surface area (Å²) in [5.74, 6) is -2.72. The van der Waals surface area contributed by atoms with Crippen molar-refractivity contribution < 1.29 is 28.2 Å². The molecule has 0 spiro atoms. The molecule has 0 amide bonds. The largest absolute Gasteiger partial charge is 0.505 e. The zero-order valence-electron chi connectivity index (χ0n) is 11.6. The summed E-state index contributed by atoms with van der Waals surface area (Å²) in [6, 6.07) is 5.70. The van der Waals surface area contributed by atoms with Crippen LogP contribution in [-0.4, -0.2) is 29.0 Å². The van der Waals surface area contributed by atoms with Gasteiger partial charge in [0.25, 0.3) is 5.78 Å². The second-order valence-electron chi connectivity index (χ2n) is 4.31. The summed E-state index contributed by atoms with van der Waals surface area (Å²) in [5, 5.41) is 9.88. The Morgan fingerprint density at radius 3 is 2.68 bits per heavy atom. The van der Waals surface area contributed by atoms with Gasteiger partial charge in [-0.1, -0.05) is 12.1 Å². The molecule has 0 aliphatic rings. The highest BCUT2D eigenvalue weighted by Crippen LogP contribution is 2.19. The van der Waals surface area contributed by atoms with Gasteiger partial charge in [-0.15, -0.1) is 0 Å². The van der Waals surface area contributed by atoms with Crippen LogP contribution in [0, 0.1) is 5.82 Å². The number of nitrogens with zero attached hydrogens (tertiary/aromatic N) is 1. The molecule has 2 rings (SSSR count). The van der Waals surface area contributed by atoms with Crippen molar-refractivity contribution in [2.24, 2.45) is 0 Å². The summed E-state index contributed by atoms with van der Waals surface area (Å²) < 4.78 is 22.3. The van der Waals surface area contributed by atoms with Gasteiger partial charge in [-0.25, -0.2) is 14.2 Å². The van der Waals surface area contributed by atoms with E-state index in [2.05, 4.69) is 9.72 Å². The number of oxazole rings is 1. The van der Waals surface area contributed by atoms with Crippen molar-refractivity contribution >= 4 is 17.5 Å². The Balaban J connectivity index is 2.22. The van der Waals surface area contributed by atoms with Gasteiger partial charge in [-0.3, -0.25) is 4.79 Å². The van der Waals surface area contributed by atoms with Crippen molar-refractivity contribution in [3.8, 4) is 0 Å². The fraction of sp³-hybridized carbons (Fsp3) is 0.133. The van der Waals surface area contributed by atoms with Gasteiger partial charge in [0.15, 0.2) is 6.39 Å². The molecule has 1 heterocycles. The summed E-state index contributed by atoms with van der Waals surface area (Å²) in [6.07, 6.45) is 2.04. The first-order valence-corrected chi connectivity index (χ1v) is 6.21. The monoisotopic (exact) mass is 305 g/mol. The molecule has 0 unspecified atom stereocenters. The number of aromatic nitrogens is 1. The molecular formula is C15H12FNO5. The van der Waals surface area contributed by atoms with E-state index in [0.29, 0.717) is 6.08 Å². The Kier molecular flexibility index (Phi) is 4.67. The van der Waals surface area contributed by atoms with Crippen LogP contribution in [-0.2, 0) is 20.7 Å². The first kappa shape index (κ1) is 15.4. The third kappa shape index (κ3) is 3.57. The highest BCUT2D eigenvalue weighted by Gasteiger charge is 2.17. The molecule has 0 aliphatic heterocycles. The average Bonchev–Trinajstić information content (AvgIpc) is 2.96. The molecule has 1 aromatic heterocycles. The average molecular weight is 305 g/mol. The fourth-order valence-electron chi connectivity index (χ4n) is 1.74. The Morgan fingerprint density at radius 1 is 1.36 bits per heavy atom. The van der Waals surface area contributed by atoms with Crippen LogP contribution in [0.2, 0.25) is 0 Å². The van der Waals surface area contributed by atoms with E-state index in [-0.39, 0.29) is 23.7 Å². The van der Waals surface area contributed by atoms with E-state index < -0.39 is 17.5 Å². The minimum Gasteiger partial charge on any atom is -0.505 e. The second kappa shape index (κ2) is 6.66. The molecule has 114 valence electrons. The van der Waals surface area contributed by atoms with Crippen LogP contribution in [0.3, 0.4) is 0 Å². The SMILES string of the molecule is COC(=O)C(=O)/C=C(\O)c1ncoc1Cc1ccc(F)cc1. The fourth-order valence-corrected chi connectivity index (χ4v) is 1.74. The normalized spacial score (nSPS) is 11.3. The van der Waals surface area contributed by atoms with Crippen LogP contribution < -0.4 is 0 Å². The van der Waals surface area contributed by atoms with Crippen molar-refractivity contribution in [1.29, 1.82) is 0 Å². The van der Waals surface area contributed by atoms with E-state index in [1.165, 1.54) is 12.1 Å². The minimum atomic E-state index is -1.10. The maximum Gasteiger partial charge on any atom is 0.378 e. The summed E-state index contributed by atoms with van der Waals surface area (Å²) in [4.78, 5) is 26.2. The Labute approximate surface area is 124 Å². The molecule has 6 nitrogen and oxygen atoms in total. The number of rotatable bonds is 5. The smallest absolute Gasteiger partial charge is 0.378 e. The van der Waals surface area contributed by atoms with Crippen LogP contribution in [0.1, 0.15) is 17.0 Å². The Bertz CT molecular complexity index is 718. The van der Waals surface area contributed by atoms with E-state index in [0.717, 1.165) is 19.1 Å². The predicted octanol–water partition coefficient (Wildman–Crippen LogP) is 2.05. The summed E-state index contributed by atoms with van der Waals surface area (Å²) >= 11 is 0. The van der Waals surface area contributed by atoms with Gasteiger partial charge in [-0.2, -0.15) is 0 Å². The number of aliphatic hydroxyl groups excluding tert-OH is 1. The summed E-state index contributed by atoms with van der Waals surface area (Å²) in [5.41, 5.74) is 0.757. The number of carbonyl (C=O) groups excluding carboxylic acids is 2. The van der Waals surface area contributed by atoms with Crippen molar-refractivity contribution in [2.75, 3.05) is 7.11 Å². The molecule has 0 saturated carbocycles. The van der Waals surface area contributed by atoms with Crippen LogP contribution in [0.15, 0.2) is 41.2 Å². The molecule has 7 heteroatoms. The molecule has 0 saturated heterocycles. The summed E-state index contributed by atoms with van der Waals surface area (Å²) in [7, 11) is 1.06. The molecule has 0 atom stereocenters. The highest BCUT2D eigenvalue weighted by molar-refractivity contribution is 6.39. The molecule has 2 aromatic rings. The number of halogens is 1. The standard InChI is InChI=1S/C15H12FNO5/c1-21-15(20)12(19)7-11(18)14-13(22-8-17-14)6-9-2-4-10(16)5-3-9/h2-5,7-8,18H,6H2,1H3/b11-7-. The Hall–Kier alpha value is -2.96. The van der Waals surface area contributed by atoms with Gasteiger partial charge in [0, 0.05) is 12.5 Å². The summed E-state index contributed by atoms with van der Waals surface area (Å²) in [6.45, 7) is 0. The highest BCUT2D eigenvalue weighted by atomic mass is 19.1. The number of ether oxygens (including phenoxy) is 1. The van der Waals surface area contributed by atoms with Gasteiger partial charge in [-0.05, 0) is 17.7 Å². The number of ketones is 1. The van der Waals surface area contributed by atoms with Gasteiger partial charge in [0.2, 0.25) is 0 Å². The molecule has 0 radical (unpaired) electrons. The quantitative estimate of drug-likeness (QED) is 0.393. The maximum absolute atomic E-state index is 12.9. The minimum absolute atomic E-state index is 0.0292. The van der Waals surface area contributed by atoms with E-state index in [1.54, 1.807) is 12.1 Å². The topological polar surface area (TPSA) is 89.6 Å². The van der Waals surface area contributed by atoms with Crippen LogP contribution in [0.4, 0.5) is 4.39 Å². The van der Waals surface area contributed by atoms with Crippen LogP contribution >= 0.6 is 0 Å². The van der Waals surface area contributed by atoms with Gasteiger partial charge >= 0.3 is 5.97 Å². The predicted molar refractivity (Wildman–Crippen MR) is 73.3 cm³/mol. The number of aliphatic hydroxyl groups is 1. The zero-order valence-corrected chi connectivity index (χ0v) is 11.6. The molecule has 1 N–H and O–H groups in total. The lowest BCUT2D eigenvalue weighted by atomic mass is 10.1. The number of methoxy groups -OCH3 is 1. The number of hydrogen-bond donors (Lipinski definition) is 1. The van der Waals surface area contributed by atoms with E-state index in [9.17, 15) is 19.1 Å². The number of esters is 1. The molecule has 22 heavy (non-hydrogen) atoms. The van der Waals surface area contributed by atoms with Crippen molar-refractivity contribution in [2.45, 2.75) is 6.42 Å². The first-order valence-electron chi connectivity index (χ1n) is 6.21. The van der Waals surface area contributed by atoms with Crippen LogP contribution in [0.25, 0.3) is 5.76 Å². The molecular weight excluding hydrogens is 293 g/mol. The lowest BCUT2D eigenvalue weighted by molar-refractivity contribution is -0.149. The van der Waals surface area contributed by atoms with Crippen molar-refractivity contribution in [3.63, 3.8) is 0 Å². The van der Waals surface area contributed by atoms with Gasteiger partial charge in [0.05, 0.1) is 7.11 Å². The maximum atomic E-state index is 12.9. The number of hydrogen-bond acceptors (Lipinski definition) is 6. The molecule has 1 aromatic carbocycles. The lowest BCUT2D eigenvalue weighted by Crippen LogP contribution is -2.13. The van der Waals surface area contributed by atoms with Crippen LogP contribution in [0.5, 0.6) is 0 Å². The third-order valence-corrected chi connectivity index (χ3v) is 2.82. The molecule has 0 fully saturated rings.